The average Bonchev–Trinajstić information content (AvgIpc) is 3.14. The van der Waals surface area contributed by atoms with Gasteiger partial charge >= 0.3 is 0 Å². The van der Waals surface area contributed by atoms with Crippen molar-refractivity contribution in [2.24, 2.45) is 0 Å². The summed E-state index contributed by atoms with van der Waals surface area (Å²) in [5, 5.41) is 0. The van der Waals surface area contributed by atoms with E-state index in [0.717, 1.165) is 0 Å². The molecule has 4 rings (SSSR count). The molecule has 0 spiro atoms. The Morgan fingerprint density at radius 3 is 0.432 bits per heavy atom. The minimum absolute atomic E-state index is 1.17. The Bertz CT molecular complexity index is 1060. The van der Waals surface area contributed by atoms with Gasteiger partial charge in [0.15, 0.2) is 0 Å². The second kappa shape index (κ2) is 37.3. The van der Waals surface area contributed by atoms with Crippen molar-refractivity contribution < 1.29 is 0 Å². The van der Waals surface area contributed by atoms with Crippen LogP contribution in [0.3, 0.4) is 0 Å². The normalized spacial score (nSPS) is 7.55. The number of hydrogen-bond acceptors (Lipinski definition) is 0. The van der Waals surface area contributed by atoms with Crippen molar-refractivity contribution in [3.05, 3.63) is 246 Å². The molecule has 0 saturated heterocycles. The first kappa shape index (κ1) is 42.7. The molecule has 0 amide bonds. The number of allylic oxidation sites excluding steroid dienone is 6. The minimum atomic E-state index is 1.17. The van der Waals surface area contributed by atoms with Gasteiger partial charge in [-0.15, -0.1) is 0 Å². The third-order valence-electron chi connectivity index (χ3n) is 4.64. The summed E-state index contributed by atoms with van der Waals surface area (Å²) in [5.74, 6) is 0. The molecule has 44 heavy (non-hydrogen) atoms. The van der Waals surface area contributed by atoms with Gasteiger partial charge in [-0.2, -0.15) is 0 Å². The van der Waals surface area contributed by atoms with Crippen molar-refractivity contribution in [3.63, 3.8) is 0 Å². The van der Waals surface area contributed by atoms with Crippen LogP contribution < -0.4 is 0 Å². The minimum Gasteiger partial charge on any atom is -0.0991 e. The average molecular weight is 579 g/mol. The molecule has 0 N–H and O–H groups in total. The van der Waals surface area contributed by atoms with Gasteiger partial charge in [0.25, 0.3) is 0 Å². The van der Waals surface area contributed by atoms with Crippen molar-refractivity contribution in [1.82, 2.24) is 0 Å². The fraction of sp³-hybridized carbons (Fsp3) is 0. The lowest BCUT2D eigenvalue weighted by Crippen LogP contribution is -1.63. The lowest BCUT2D eigenvalue weighted by atomic mass is 10.2. The molecule has 0 atom stereocenters. The Morgan fingerprint density at radius 2 is 0.364 bits per heavy atom. The van der Waals surface area contributed by atoms with Gasteiger partial charge < -0.3 is 0 Å². The highest BCUT2D eigenvalue weighted by Gasteiger charge is 1.78. The second-order valence-electron chi connectivity index (χ2n) is 7.87. The molecule has 0 heteroatoms. The smallest absolute Gasteiger partial charge is 0.0263 e. The summed E-state index contributed by atoms with van der Waals surface area (Å²) in [6.07, 6.45) is 17.2. The summed E-state index contributed by atoms with van der Waals surface area (Å²) in [6.45, 7) is 34.7. The van der Waals surface area contributed by atoms with Crippen molar-refractivity contribution in [2.45, 2.75) is 0 Å². The maximum Gasteiger partial charge on any atom is -0.0263 e. The van der Waals surface area contributed by atoms with Crippen molar-refractivity contribution in [1.29, 1.82) is 0 Å². The quantitative estimate of drug-likeness (QED) is 0.191. The first-order valence-corrected chi connectivity index (χ1v) is 13.9. The second-order valence-corrected chi connectivity index (χ2v) is 7.87. The first-order valence-electron chi connectivity index (χ1n) is 13.9. The van der Waals surface area contributed by atoms with E-state index in [4.69, 9.17) is 0 Å². The van der Waals surface area contributed by atoms with E-state index in [1.165, 1.54) is 22.3 Å². The van der Waals surface area contributed by atoms with Crippen molar-refractivity contribution in [3.8, 4) is 0 Å². The van der Waals surface area contributed by atoms with Gasteiger partial charge in [0, 0.05) is 0 Å². The third-order valence-corrected chi connectivity index (χ3v) is 4.64. The SMILES string of the molecule is C=CC=C.C=CC=C.C=CC=C.C=Cc1ccccc1.C=Cc1ccccc1.C=Cc1ccccc1.C=Cc1ccccc1. The molecule has 0 aromatic heterocycles. The molecule has 4 aromatic rings. The number of rotatable bonds is 7. The monoisotopic (exact) mass is 578 g/mol. The molecule has 4 aromatic carbocycles. The zero-order chi connectivity index (χ0) is 33.5. The van der Waals surface area contributed by atoms with Crippen LogP contribution in [0.5, 0.6) is 0 Å². The highest BCUT2D eigenvalue weighted by Crippen LogP contribution is 1.99. The molecule has 0 aliphatic heterocycles. The Labute approximate surface area is 269 Å². The van der Waals surface area contributed by atoms with E-state index < -0.39 is 0 Å². The Morgan fingerprint density at radius 1 is 0.227 bits per heavy atom. The summed E-state index contributed by atoms with van der Waals surface area (Å²) < 4.78 is 0. The van der Waals surface area contributed by atoms with Crippen LogP contribution in [0.1, 0.15) is 22.3 Å². The topological polar surface area (TPSA) is 0 Å². The molecule has 0 aliphatic carbocycles. The van der Waals surface area contributed by atoms with Crippen LogP contribution in [0.4, 0.5) is 0 Å². The van der Waals surface area contributed by atoms with E-state index in [1.54, 1.807) is 36.5 Å². The van der Waals surface area contributed by atoms with Gasteiger partial charge in [0.1, 0.15) is 0 Å². The Kier molecular flexibility index (Phi) is 36.2. The van der Waals surface area contributed by atoms with Crippen molar-refractivity contribution >= 4 is 24.3 Å². The number of benzene rings is 4. The summed E-state index contributed by atoms with van der Waals surface area (Å²) in [4.78, 5) is 0. The molecule has 0 radical (unpaired) electrons. The largest absolute Gasteiger partial charge is 0.0991 e. The van der Waals surface area contributed by atoms with E-state index in [-0.39, 0.29) is 0 Å². The highest BCUT2D eigenvalue weighted by molar-refractivity contribution is 5.47. The third kappa shape index (κ3) is 32.5. The molecule has 226 valence electrons. The zero-order valence-electron chi connectivity index (χ0n) is 26.4. The van der Waals surface area contributed by atoms with Crippen LogP contribution in [-0.4, -0.2) is 0 Å². The maximum atomic E-state index is 3.63. The molecule has 0 aliphatic rings. The summed E-state index contributed by atoms with van der Waals surface area (Å²) in [5.41, 5.74) is 4.69. The predicted molar refractivity (Wildman–Crippen MR) is 207 cm³/mol. The lowest BCUT2D eigenvalue weighted by Gasteiger charge is -1.85. The molecule has 0 saturated carbocycles. The van der Waals surface area contributed by atoms with E-state index >= 15 is 0 Å². The van der Waals surface area contributed by atoms with Gasteiger partial charge in [-0.05, 0) is 22.3 Å². The van der Waals surface area contributed by atoms with Gasteiger partial charge in [0.2, 0.25) is 0 Å². The summed E-state index contributed by atoms with van der Waals surface area (Å²) in [7, 11) is 0. The Balaban J connectivity index is -0.000000457. The van der Waals surface area contributed by atoms with Crippen LogP contribution in [0, 0.1) is 0 Å². The predicted octanol–water partition coefficient (Wildman–Crippen LogP) is 13.4. The van der Waals surface area contributed by atoms with E-state index in [1.807, 2.05) is 146 Å². The van der Waals surface area contributed by atoms with E-state index in [9.17, 15) is 0 Å². The molecule has 0 nitrogen and oxygen atoms in total. The van der Waals surface area contributed by atoms with Crippen LogP contribution in [0.2, 0.25) is 0 Å². The van der Waals surface area contributed by atoms with E-state index in [0.29, 0.717) is 0 Å². The zero-order valence-corrected chi connectivity index (χ0v) is 26.4. The van der Waals surface area contributed by atoms with Gasteiger partial charge in [-0.1, -0.05) is 248 Å². The molecular weight excluding hydrogens is 528 g/mol. The number of hydrogen-bond donors (Lipinski definition) is 0. The van der Waals surface area contributed by atoms with Crippen LogP contribution in [0.25, 0.3) is 24.3 Å². The summed E-state index contributed by atoms with van der Waals surface area (Å²) in [6, 6.07) is 40.1. The fourth-order valence-corrected chi connectivity index (χ4v) is 2.36. The first-order chi connectivity index (χ1) is 21.5. The van der Waals surface area contributed by atoms with Gasteiger partial charge in [-0.3, -0.25) is 0 Å². The molecular formula is C44H50. The molecule has 0 unspecified atom stereocenters. The van der Waals surface area contributed by atoms with Gasteiger partial charge in [0.05, 0.1) is 0 Å². The van der Waals surface area contributed by atoms with E-state index in [2.05, 4.69) is 65.8 Å². The van der Waals surface area contributed by atoms with Crippen molar-refractivity contribution in [2.75, 3.05) is 0 Å². The van der Waals surface area contributed by atoms with Crippen LogP contribution in [-0.2, 0) is 0 Å². The standard InChI is InChI=1S/4C8H8.3C4H6/c4*1-2-8-6-4-3-5-7-8;3*1-3-4-2/h4*2-7H,1H2;3*3-4H,1-2H2. The fourth-order valence-electron chi connectivity index (χ4n) is 2.36. The highest BCUT2D eigenvalue weighted by atomic mass is 13.8. The Hall–Kier alpha value is -5.72. The molecule has 0 heterocycles. The lowest BCUT2D eigenvalue weighted by molar-refractivity contribution is 1.67. The molecule has 0 fully saturated rings. The van der Waals surface area contributed by atoms with Gasteiger partial charge in [-0.25, -0.2) is 0 Å². The molecule has 0 bridgehead atoms. The van der Waals surface area contributed by atoms with Crippen LogP contribution in [0.15, 0.2) is 224 Å². The summed E-state index contributed by atoms with van der Waals surface area (Å²) >= 11 is 0. The van der Waals surface area contributed by atoms with Crippen LogP contribution >= 0.6 is 0 Å². The maximum absolute atomic E-state index is 3.63.